The number of nitro groups is 1. The highest BCUT2D eigenvalue weighted by Crippen LogP contribution is 2.34. The maximum atomic E-state index is 12.3. The second-order valence-corrected chi connectivity index (χ2v) is 5.64. The fraction of sp³-hybridized carbons (Fsp3) is 0.231. The Morgan fingerprint density at radius 3 is 3.05 bits per heavy atom. The lowest BCUT2D eigenvalue weighted by Gasteiger charge is -2.07. The van der Waals surface area contributed by atoms with Crippen LogP contribution in [0.2, 0.25) is 0 Å². The molecular weight excluding hydrogens is 292 g/mol. The normalized spacial score (nSPS) is 13.0. The number of fused-ring (bicyclic) bond motifs is 1. The molecule has 0 saturated carbocycles. The summed E-state index contributed by atoms with van der Waals surface area (Å²) in [5.74, 6) is 1.94. The smallest absolute Gasteiger partial charge is 0.270 e. The zero-order chi connectivity index (χ0) is 15.0. The van der Waals surface area contributed by atoms with Crippen molar-refractivity contribution in [1.29, 1.82) is 0 Å². The van der Waals surface area contributed by atoms with E-state index in [2.05, 4.69) is 10.4 Å². The molecule has 0 aliphatic carbocycles. The Morgan fingerprint density at radius 1 is 1.48 bits per heavy atom. The van der Waals surface area contributed by atoms with E-state index in [0.29, 0.717) is 5.82 Å². The third kappa shape index (κ3) is 2.49. The van der Waals surface area contributed by atoms with E-state index in [4.69, 9.17) is 0 Å². The number of anilines is 1. The van der Waals surface area contributed by atoms with Gasteiger partial charge in [0.2, 0.25) is 0 Å². The van der Waals surface area contributed by atoms with E-state index in [9.17, 15) is 14.9 Å². The number of nitrogens with one attached hydrogen (secondary N) is 1. The van der Waals surface area contributed by atoms with Gasteiger partial charge < -0.3 is 5.32 Å². The summed E-state index contributed by atoms with van der Waals surface area (Å²) in [6.07, 6.45) is 0. The number of thioether (sulfide) groups is 1. The zero-order valence-electron chi connectivity index (χ0n) is 11.2. The van der Waals surface area contributed by atoms with E-state index in [-0.39, 0.29) is 17.2 Å². The summed E-state index contributed by atoms with van der Waals surface area (Å²) in [5, 5.41) is 17.9. The molecule has 7 nitrogen and oxygen atoms in total. The Labute approximate surface area is 124 Å². The van der Waals surface area contributed by atoms with Gasteiger partial charge in [-0.05, 0) is 6.07 Å². The third-order valence-electron chi connectivity index (χ3n) is 3.26. The van der Waals surface area contributed by atoms with E-state index >= 15 is 0 Å². The summed E-state index contributed by atoms with van der Waals surface area (Å²) in [6, 6.07) is 5.67. The number of carbonyl (C=O) groups excluding carboxylic acids is 1. The van der Waals surface area contributed by atoms with Crippen molar-refractivity contribution in [2.45, 2.75) is 11.5 Å². The lowest BCUT2D eigenvalue weighted by atomic mass is 10.2. The zero-order valence-corrected chi connectivity index (χ0v) is 12.0. The van der Waals surface area contributed by atoms with Crippen LogP contribution in [0.5, 0.6) is 0 Å². The van der Waals surface area contributed by atoms with Crippen LogP contribution in [0.25, 0.3) is 0 Å². The minimum Gasteiger partial charge on any atom is -0.307 e. The summed E-state index contributed by atoms with van der Waals surface area (Å²) in [7, 11) is 1.77. The molecule has 0 atom stereocenters. The molecule has 1 aromatic carbocycles. The highest BCUT2D eigenvalue weighted by Gasteiger charge is 2.23. The van der Waals surface area contributed by atoms with Crippen molar-refractivity contribution in [3.63, 3.8) is 0 Å². The van der Waals surface area contributed by atoms with Crippen molar-refractivity contribution in [1.82, 2.24) is 9.78 Å². The first-order valence-corrected chi connectivity index (χ1v) is 7.40. The molecule has 1 aromatic heterocycles. The van der Waals surface area contributed by atoms with Crippen molar-refractivity contribution in [2.75, 3.05) is 5.32 Å². The van der Waals surface area contributed by atoms with Gasteiger partial charge in [0, 0.05) is 41.8 Å². The van der Waals surface area contributed by atoms with Gasteiger partial charge in [0.15, 0.2) is 0 Å². The fourth-order valence-electron chi connectivity index (χ4n) is 2.24. The molecule has 0 fully saturated rings. The van der Waals surface area contributed by atoms with Crippen molar-refractivity contribution in [3.05, 3.63) is 51.2 Å². The predicted octanol–water partition coefficient (Wildman–Crippen LogP) is 2.33. The first-order chi connectivity index (χ1) is 10.1. The second kappa shape index (κ2) is 5.21. The minimum atomic E-state index is -0.519. The number of carbonyl (C=O) groups is 1. The molecule has 21 heavy (non-hydrogen) atoms. The van der Waals surface area contributed by atoms with Crippen molar-refractivity contribution in [2.24, 2.45) is 7.05 Å². The van der Waals surface area contributed by atoms with E-state index in [0.717, 1.165) is 22.8 Å². The van der Waals surface area contributed by atoms with Gasteiger partial charge in [0.25, 0.3) is 11.6 Å². The van der Waals surface area contributed by atoms with Gasteiger partial charge in [-0.15, -0.1) is 0 Å². The molecular formula is C13H12N4O3S. The number of aromatic nitrogens is 2. The van der Waals surface area contributed by atoms with Crippen LogP contribution < -0.4 is 5.32 Å². The molecule has 8 heteroatoms. The Hall–Kier alpha value is -2.35. The van der Waals surface area contributed by atoms with Crippen LogP contribution in [0.3, 0.4) is 0 Å². The molecule has 3 rings (SSSR count). The largest absolute Gasteiger partial charge is 0.307 e. The average molecular weight is 304 g/mol. The van der Waals surface area contributed by atoms with E-state index in [1.165, 1.54) is 18.2 Å². The van der Waals surface area contributed by atoms with Crippen LogP contribution in [-0.4, -0.2) is 20.6 Å². The highest BCUT2D eigenvalue weighted by atomic mass is 32.2. The minimum absolute atomic E-state index is 0.103. The lowest BCUT2D eigenvalue weighted by Crippen LogP contribution is -2.15. The molecule has 1 aliphatic heterocycles. The molecule has 0 bridgehead atoms. The van der Waals surface area contributed by atoms with Gasteiger partial charge in [-0.1, -0.05) is 6.07 Å². The van der Waals surface area contributed by atoms with Crippen molar-refractivity contribution in [3.8, 4) is 0 Å². The summed E-state index contributed by atoms with van der Waals surface area (Å²) in [4.78, 5) is 22.5. The van der Waals surface area contributed by atoms with E-state index in [1.807, 2.05) is 0 Å². The van der Waals surface area contributed by atoms with Crippen LogP contribution in [0.1, 0.15) is 21.6 Å². The number of hydrogen-bond donors (Lipinski definition) is 1. The monoisotopic (exact) mass is 304 g/mol. The number of non-ortho nitro benzene ring substituents is 1. The van der Waals surface area contributed by atoms with Gasteiger partial charge in [0.05, 0.1) is 10.6 Å². The summed E-state index contributed by atoms with van der Waals surface area (Å²) >= 11 is 1.75. The molecule has 1 amide bonds. The Balaban J connectivity index is 1.87. The molecule has 0 spiro atoms. The molecule has 1 N–H and O–H groups in total. The number of hydrogen-bond acceptors (Lipinski definition) is 5. The highest BCUT2D eigenvalue weighted by molar-refractivity contribution is 7.98. The number of nitro benzene ring substituents is 1. The average Bonchev–Trinajstić information content (AvgIpc) is 3.02. The van der Waals surface area contributed by atoms with Crippen LogP contribution in [0, 0.1) is 10.1 Å². The lowest BCUT2D eigenvalue weighted by molar-refractivity contribution is -0.384. The first kappa shape index (κ1) is 13.6. The molecule has 2 heterocycles. The van der Waals surface area contributed by atoms with Crippen LogP contribution in [-0.2, 0) is 18.6 Å². The van der Waals surface area contributed by atoms with Gasteiger partial charge in [-0.3, -0.25) is 19.6 Å². The molecule has 108 valence electrons. The van der Waals surface area contributed by atoms with Crippen molar-refractivity contribution >= 4 is 29.2 Å². The summed E-state index contributed by atoms with van der Waals surface area (Å²) in [6.45, 7) is 0. The Bertz CT molecular complexity index is 741. The SMILES string of the molecule is Cn1nc2c(c1NC(=O)c1cccc([N+](=O)[O-])c1)CSC2. The topological polar surface area (TPSA) is 90.1 Å². The van der Waals surface area contributed by atoms with Crippen molar-refractivity contribution < 1.29 is 9.72 Å². The second-order valence-electron chi connectivity index (χ2n) is 4.65. The maximum absolute atomic E-state index is 12.3. The van der Waals surface area contributed by atoms with Crippen LogP contribution >= 0.6 is 11.8 Å². The Morgan fingerprint density at radius 2 is 2.29 bits per heavy atom. The van der Waals surface area contributed by atoms with Gasteiger partial charge >= 0.3 is 0 Å². The van der Waals surface area contributed by atoms with Gasteiger partial charge in [-0.25, -0.2) is 0 Å². The first-order valence-electron chi connectivity index (χ1n) is 6.24. The fourth-order valence-corrected chi connectivity index (χ4v) is 3.27. The van der Waals surface area contributed by atoms with Gasteiger partial charge in [-0.2, -0.15) is 16.9 Å². The summed E-state index contributed by atoms with van der Waals surface area (Å²) in [5.41, 5.74) is 2.16. The number of rotatable bonds is 3. The van der Waals surface area contributed by atoms with Crippen LogP contribution in [0.15, 0.2) is 24.3 Å². The van der Waals surface area contributed by atoms with Gasteiger partial charge in [0.1, 0.15) is 5.82 Å². The number of aryl methyl sites for hydroxylation is 1. The van der Waals surface area contributed by atoms with E-state index in [1.54, 1.807) is 29.6 Å². The predicted molar refractivity (Wildman–Crippen MR) is 79.3 cm³/mol. The third-order valence-corrected chi connectivity index (χ3v) is 4.24. The number of nitrogens with zero attached hydrogens (tertiary/aromatic N) is 3. The molecule has 1 aliphatic rings. The van der Waals surface area contributed by atoms with E-state index < -0.39 is 4.92 Å². The number of amides is 1. The van der Waals surface area contributed by atoms with Crippen LogP contribution in [0.4, 0.5) is 11.5 Å². The Kier molecular flexibility index (Phi) is 3.38. The standard InChI is InChI=1S/C13H12N4O3S/c1-16-12(10-6-21-7-11(10)15-16)14-13(18)8-3-2-4-9(5-8)17(19)20/h2-5H,6-7H2,1H3,(H,14,18). The molecule has 0 saturated heterocycles. The quantitative estimate of drug-likeness (QED) is 0.694. The molecule has 0 radical (unpaired) electrons. The molecule has 2 aromatic rings. The number of benzene rings is 1. The summed E-state index contributed by atoms with van der Waals surface area (Å²) < 4.78 is 1.64. The maximum Gasteiger partial charge on any atom is 0.270 e. The molecule has 0 unspecified atom stereocenters.